The van der Waals surface area contributed by atoms with E-state index >= 15 is 0 Å². The van der Waals surface area contributed by atoms with Gasteiger partial charge in [0.1, 0.15) is 12.6 Å². The SMILES string of the molecule is C[C@H](OCc1ccccc1)[C@@H](N)C(=O)OCc1ccccc1. The average molecular weight is 299 g/mol. The highest BCUT2D eigenvalue weighted by Crippen LogP contribution is 2.07. The van der Waals surface area contributed by atoms with Gasteiger partial charge < -0.3 is 15.2 Å². The molecule has 0 heterocycles. The van der Waals surface area contributed by atoms with Gasteiger partial charge in [0.2, 0.25) is 0 Å². The molecule has 0 fully saturated rings. The van der Waals surface area contributed by atoms with Crippen LogP contribution in [0.5, 0.6) is 0 Å². The molecule has 0 aliphatic carbocycles. The monoisotopic (exact) mass is 299 g/mol. The molecule has 22 heavy (non-hydrogen) atoms. The molecule has 0 aromatic heterocycles. The molecule has 0 unspecified atom stereocenters. The Bertz CT molecular complexity index is 571. The standard InChI is InChI=1S/C18H21NO3/c1-14(21-12-15-8-4-2-5-9-15)17(19)18(20)22-13-16-10-6-3-7-11-16/h2-11,14,17H,12-13,19H2,1H3/t14-,17+/m0/s1. The summed E-state index contributed by atoms with van der Waals surface area (Å²) in [6, 6.07) is 18.5. The quantitative estimate of drug-likeness (QED) is 0.798. The lowest BCUT2D eigenvalue weighted by molar-refractivity contribution is -0.150. The Kier molecular flexibility index (Phi) is 6.13. The lowest BCUT2D eigenvalue weighted by atomic mass is 10.2. The minimum Gasteiger partial charge on any atom is -0.460 e. The summed E-state index contributed by atoms with van der Waals surface area (Å²) in [4.78, 5) is 11.9. The zero-order chi connectivity index (χ0) is 15.8. The predicted molar refractivity (Wildman–Crippen MR) is 84.9 cm³/mol. The Morgan fingerprint density at radius 2 is 1.45 bits per heavy atom. The highest BCUT2D eigenvalue weighted by molar-refractivity contribution is 5.76. The van der Waals surface area contributed by atoms with Crippen molar-refractivity contribution in [1.29, 1.82) is 0 Å². The molecule has 4 heteroatoms. The molecule has 116 valence electrons. The predicted octanol–water partition coefficient (Wildman–Crippen LogP) is 2.66. The molecule has 0 saturated carbocycles. The fraction of sp³-hybridized carbons (Fsp3) is 0.278. The first-order valence-electron chi connectivity index (χ1n) is 7.28. The van der Waals surface area contributed by atoms with E-state index in [2.05, 4.69) is 0 Å². The summed E-state index contributed by atoms with van der Waals surface area (Å²) in [5.41, 5.74) is 7.86. The molecule has 2 rings (SSSR count). The Morgan fingerprint density at radius 1 is 0.955 bits per heavy atom. The number of rotatable bonds is 7. The Hall–Kier alpha value is -2.17. The van der Waals surface area contributed by atoms with Gasteiger partial charge in [0.05, 0.1) is 12.7 Å². The molecule has 2 atom stereocenters. The number of hydrogen-bond donors (Lipinski definition) is 1. The molecule has 0 aliphatic heterocycles. The van der Waals surface area contributed by atoms with Gasteiger partial charge in [0.15, 0.2) is 0 Å². The third kappa shape index (κ3) is 4.98. The summed E-state index contributed by atoms with van der Waals surface area (Å²) in [6.07, 6.45) is -0.413. The maximum Gasteiger partial charge on any atom is 0.325 e. The van der Waals surface area contributed by atoms with E-state index in [0.29, 0.717) is 6.61 Å². The van der Waals surface area contributed by atoms with Crippen LogP contribution in [0.25, 0.3) is 0 Å². The van der Waals surface area contributed by atoms with Crippen molar-refractivity contribution in [2.24, 2.45) is 5.73 Å². The molecule has 0 aliphatic rings. The Morgan fingerprint density at radius 3 is 2.00 bits per heavy atom. The zero-order valence-corrected chi connectivity index (χ0v) is 12.6. The van der Waals surface area contributed by atoms with Crippen LogP contribution in [-0.2, 0) is 27.5 Å². The topological polar surface area (TPSA) is 61.5 Å². The Balaban J connectivity index is 1.77. The van der Waals surface area contributed by atoms with Gasteiger partial charge in [-0.3, -0.25) is 4.79 Å². The second-order valence-corrected chi connectivity index (χ2v) is 5.12. The van der Waals surface area contributed by atoms with Crippen molar-refractivity contribution in [3.8, 4) is 0 Å². The fourth-order valence-corrected chi connectivity index (χ4v) is 1.92. The van der Waals surface area contributed by atoms with E-state index < -0.39 is 18.1 Å². The molecule has 0 bridgehead atoms. The average Bonchev–Trinajstić information content (AvgIpc) is 2.58. The van der Waals surface area contributed by atoms with E-state index in [4.69, 9.17) is 15.2 Å². The van der Waals surface area contributed by atoms with Crippen molar-refractivity contribution >= 4 is 5.97 Å². The van der Waals surface area contributed by atoms with Crippen LogP contribution in [0.4, 0.5) is 0 Å². The van der Waals surface area contributed by atoms with Gasteiger partial charge in [0.25, 0.3) is 0 Å². The minimum atomic E-state index is -0.799. The van der Waals surface area contributed by atoms with Crippen LogP contribution in [0.15, 0.2) is 60.7 Å². The molecule has 0 saturated heterocycles. The van der Waals surface area contributed by atoms with Crippen LogP contribution in [0.1, 0.15) is 18.1 Å². The molecular formula is C18H21NO3. The van der Waals surface area contributed by atoms with E-state index in [9.17, 15) is 4.79 Å². The van der Waals surface area contributed by atoms with Crippen LogP contribution in [0.2, 0.25) is 0 Å². The van der Waals surface area contributed by atoms with E-state index in [1.807, 2.05) is 60.7 Å². The van der Waals surface area contributed by atoms with Gasteiger partial charge in [-0.25, -0.2) is 0 Å². The number of benzene rings is 2. The van der Waals surface area contributed by atoms with E-state index in [-0.39, 0.29) is 6.61 Å². The number of ether oxygens (including phenoxy) is 2. The van der Waals surface area contributed by atoms with Crippen LogP contribution < -0.4 is 5.73 Å². The van der Waals surface area contributed by atoms with Crippen molar-refractivity contribution in [2.75, 3.05) is 0 Å². The van der Waals surface area contributed by atoms with Crippen LogP contribution in [0.3, 0.4) is 0 Å². The lowest BCUT2D eigenvalue weighted by Gasteiger charge is -2.19. The van der Waals surface area contributed by atoms with Crippen molar-refractivity contribution in [1.82, 2.24) is 0 Å². The first-order valence-corrected chi connectivity index (χ1v) is 7.28. The smallest absolute Gasteiger partial charge is 0.325 e. The van der Waals surface area contributed by atoms with Gasteiger partial charge in [-0.15, -0.1) is 0 Å². The summed E-state index contributed by atoms with van der Waals surface area (Å²) in [7, 11) is 0. The third-order valence-corrected chi connectivity index (χ3v) is 3.36. The highest BCUT2D eigenvalue weighted by atomic mass is 16.5. The lowest BCUT2D eigenvalue weighted by Crippen LogP contribution is -2.42. The second kappa shape index (κ2) is 8.32. The first-order chi connectivity index (χ1) is 10.7. The zero-order valence-electron chi connectivity index (χ0n) is 12.6. The van der Waals surface area contributed by atoms with Gasteiger partial charge in [-0.1, -0.05) is 60.7 Å². The van der Waals surface area contributed by atoms with E-state index in [1.165, 1.54) is 0 Å². The maximum atomic E-state index is 11.9. The van der Waals surface area contributed by atoms with Crippen molar-refractivity contribution in [3.63, 3.8) is 0 Å². The molecule has 2 N–H and O–H groups in total. The normalized spacial score (nSPS) is 13.4. The van der Waals surface area contributed by atoms with Crippen molar-refractivity contribution in [2.45, 2.75) is 32.3 Å². The molecule has 2 aromatic carbocycles. The fourth-order valence-electron chi connectivity index (χ4n) is 1.92. The molecule has 2 aromatic rings. The van der Waals surface area contributed by atoms with Crippen molar-refractivity contribution < 1.29 is 14.3 Å². The number of carbonyl (C=O) groups excluding carboxylic acids is 1. The molecular weight excluding hydrogens is 278 g/mol. The summed E-state index contributed by atoms with van der Waals surface area (Å²) >= 11 is 0. The van der Waals surface area contributed by atoms with Crippen molar-refractivity contribution in [3.05, 3.63) is 71.8 Å². The van der Waals surface area contributed by atoms with Gasteiger partial charge in [-0.05, 0) is 18.1 Å². The van der Waals surface area contributed by atoms with Gasteiger partial charge in [0, 0.05) is 0 Å². The highest BCUT2D eigenvalue weighted by Gasteiger charge is 2.23. The summed E-state index contributed by atoms with van der Waals surface area (Å²) in [5, 5.41) is 0. The van der Waals surface area contributed by atoms with Crippen LogP contribution in [-0.4, -0.2) is 18.1 Å². The summed E-state index contributed by atoms with van der Waals surface area (Å²) < 4.78 is 10.9. The first kappa shape index (κ1) is 16.2. The van der Waals surface area contributed by atoms with E-state index in [1.54, 1.807) is 6.92 Å². The minimum absolute atomic E-state index is 0.221. The van der Waals surface area contributed by atoms with E-state index in [0.717, 1.165) is 11.1 Å². The number of hydrogen-bond acceptors (Lipinski definition) is 4. The van der Waals surface area contributed by atoms with Gasteiger partial charge >= 0.3 is 5.97 Å². The molecule has 0 amide bonds. The summed E-state index contributed by atoms with van der Waals surface area (Å²) in [5.74, 6) is -0.454. The third-order valence-electron chi connectivity index (χ3n) is 3.36. The number of carbonyl (C=O) groups is 1. The second-order valence-electron chi connectivity index (χ2n) is 5.12. The van der Waals surface area contributed by atoms with Gasteiger partial charge in [-0.2, -0.15) is 0 Å². The van der Waals surface area contributed by atoms with Crippen LogP contribution in [0, 0.1) is 0 Å². The maximum absolute atomic E-state index is 11.9. The molecule has 4 nitrogen and oxygen atoms in total. The molecule has 0 spiro atoms. The Labute approximate surface area is 130 Å². The van der Waals surface area contributed by atoms with Crippen LogP contribution >= 0.6 is 0 Å². The summed E-state index contributed by atoms with van der Waals surface area (Å²) in [6.45, 7) is 2.41. The molecule has 0 radical (unpaired) electrons. The number of nitrogens with two attached hydrogens (primary N) is 1. The number of esters is 1. The largest absolute Gasteiger partial charge is 0.460 e.